The molecule has 0 aliphatic rings. The predicted octanol–water partition coefficient (Wildman–Crippen LogP) is 13.0. The molecule has 7 aromatic carbocycles. The van der Waals surface area contributed by atoms with E-state index in [-0.39, 0.29) is 0 Å². The van der Waals surface area contributed by atoms with Crippen LogP contribution in [-0.2, 0) is 0 Å². The quantitative estimate of drug-likeness (QED) is 0.192. The first kappa shape index (κ1) is 26.8. The fourth-order valence-electron chi connectivity index (χ4n) is 6.75. The molecule has 46 heavy (non-hydrogen) atoms. The monoisotopic (exact) mass is 619 g/mol. The van der Waals surface area contributed by atoms with E-state index in [4.69, 9.17) is 0 Å². The molecule has 1 nitrogen and oxygen atoms in total. The largest absolute Gasteiger partial charge is 0.192 e. The SMILES string of the molecule is N#Cc1cc(-c2ccccc2)cc(-c2cc(-c3cccc4c3sc3ccccc34)cc(-c3cccc4sc5ccccc5c34)c2)c1. The van der Waals surface area contributed by atoms with Crippen molar-refractivity contribution in [3.63, 3.8) is 0 Å². The Labute approximate surface area is 274 Å². The molecule has 0 unspecified atom stereocenters. The van der Waals surface area contributed by atoms with Crippen molar-refractivity contribution in [3.8, 4) is 50.6 Å². The van der Waals surface area contributed by atoms with E-state index in [1.165, 1.54) is 62.6 Å². The lowest BCUT2D eigenvalue weighted by Crippen LogP contribution is -1.89. The lowest BCUT2D eigenvalue weighted by Gasteiger charge is -2.14. The molecule has 0 saturated heterocycles. The zero-order chi connectivity index (χ0) is 30.6. The van der Waals surface area contributed by atoms with Crippen LogP contribution in [0.4, 0.5) is 0 Å². The maximum absolute atomic E-state index is 10.1. The smallest absolute Gasteiger partial charge is 0.0992 e. The number of hydrogen-bond donors (Lipinski definition) is 0. The summed E-state index contributed by atoms with van der Waals surface area (Å²) in [6.45, 7) is 0. The molecular formula is C43H25NS2. The van der Waals surface area contributed by atoms with Crippen LogP contribution in [0, 0.1) is 11.3 Å². The van der Waals surface area contributed by atoms with Gasteiger partial charge in [-0.1, -0.05) is 97.1 Å². The van der Waals surface area contributed by atoms with E-state index in [1.807, 2.05) is 53.0 Å². The topological polar surface area (TPSA) is 23.8 Å². The number of thiophene rings is 2. The Balaban J connectivity index is 1.34. The summed E-state index contributed by atoms with van der Waals surface area (Å²) in [4.78, 5) is 0. The standard InChI is InChI=1S/C43H25NS2/c44-26-27-20-29(28-10-2-1-3-11-28)22-30(21-27)31-23-32(34-14-9-19-41-42(34)38-13-5-7-18-40(38)45-41)25-33(24-31)35-15-8-16-37-36-12-4-6-17-39(36)46-43(35)37/h1-25H. The summed E-state index contributed by atoms with van der Waals surface area (Å²) in [5.41, 5.74) is 9.71. The summed E-state index contributed by atoms with van der Waals surface area (Å²) in [6, 6.07) is 56.7. The van der Waals surface area contributed by atoms with Crippen LogP contribution in [0.2, 0.25) is 0 Å². The Morgan fingerprint density at radius 1 is 0.391 bits per heavy atom. The molecule has 2 heterocycles. The number of benzene rings is 7. The molecule has 0 fully saturated rings. The van der Waals surface area contributed by atoms with Crippen molar-refractivity contribution >= 4 is 63.0 Å². The van der Waals surface area contributed by atoms with Gasteiger partial charge in [0, 0.05) is 40.3 Å². The maximum atomic E-state index is 10.1. The second kappa shape index (κ2) is 10.8. The van der Waals surface area contributed by atoms with Crippen LogP contribution in [0.15, 0.2) is 152 Å². The third-order valence-corrected chi connectivity index (χ3v) is 11.2. The second-order valence-corrected chi connectivity index (χ2v) is 13.8. The lowest BCUT2D eigenvalue weighted by atomic mass is 9.90. The Hall–Kier alpha value is -5.53. The van der Waals surface area contributed by atoms with Crippen LogP contribution >= 0.6 is 22.7 Å². The van der Waals surface area contributed by atoms with E-state index in [0.717, 1.165) is 22.3 Å². The molecule has 0 atom stereocenters. The van der Waals surface area contributed by atoms with Crippen LogP contribution < -0.4 is 0 Å². The Kier molecular flexibility index (Phi) is 6.31. The van der Waals surface area contributed by atoms with Gasteiger partial charge >= 0.3 is 0 Å². The van der Waals surface area contributed by atoms with Gasteiger partial charge < -0.3 is 0 Å². The minimum Gasteiger partial charge on any atom is -0.192 e. The van der Waals surface area contributed by atoms with Crippen molar-refractivity contribution in [1.29, 1.82) is 5.26 Å². The van der Waals surface area contributed by atoms with E-state index in [9.17, 15) is 5.26 Å². The molecule has 0 aliphatic heterocycles. The average Bonchev–Trinajstić information content (AvgIpc) is 3.70. The van der Waals surface area contributed by atoms with Crippen molar-refractivity contribution in [2.45, 2.75) is 0 Å². The van der Waals surface area contributed by atoms with Gasteiger partial charge in [0.2, 0.25) is 0 Å². The van der Waals surface area contributed by atoms with Gasteiger partial charge in [0.05, 0.1) is 11.6 Å². The number of fused-ring (bicyclic) bond motifs is 6. The van der Waals surface area contributed by atoms with E-state index in [1.54, 1.807) is 0 Å². The molecule has 0 radical (unpaired) electrons. The molecule has 0 bridgehead atoms. The molecule has 214 valence electrons. The number of rotatable bonds is 4. The van der Waals surface area contributed by atoms with Gasteiger partial charge in [-0.05, 0) is 99.1 Å². The summed E-state index contributed by atoms with van der Waals surface area (Å²) in [7, 11) is 0. The van der Waals surface area contributed by atoms with Gasteiger partial charge in [-0.3, -0.25) is 0 Å². The zero-order valence-corrected chi connectivity index (χ0v) is 26.3. The van der Waals surface area contributed by atoms with Crippen molar-refractivity contribution < 1.29 is 0 Å². The van der Waals surface area contributed by atoms with Crippen LogP contribution in [-0.4, -0.2) is 0 Å². The summed E-state index contributed by atoms with van der Waals surface area (Å²) in [6.07, 6.45) is 0. The Bertz CT molecular complexity index is 2650. The first-order valence-corrected chi connectivity index (χ1v) is 16.9. The minimum atomic E-state index is 0.654. The molecule has 0 amide bonds. The van der Waals surface area contributed by atoms with E-state index >= 15 is 0 Å². The van der Waals surface area contributed by atoms with Crippen molar-refractivity contribution in [3.05, 3.63) is 157 Å². The second-order valence-electron chi connectivity index (χ2n) is 11.6. The first-order chi connectivity index (χ1) is 22.7. The third-order valence-electron chi connectivity index (χ3n) is 8.86. The van der Waals surface area contributed by atoms with Gasteiger partial charge in [0.25, 0.3) is 0 Å². The molecule has 0 N–H and O–H groups in total. The predicted molar refractivity (Wildman–Crippen MR) is 199 cm³/mol. The fraction of sp³-hybridized carbons (Fsp3) is 0. The van der Waals surface area contributed by atoms with Crippen LogP contribution in [0.25, 0.3) is 84.9 Å². The van der Waals surface area contributed by atoms with E-state index < -0.39 is 0 Å². The summed E-state index contributed by atoms with van der Waals surface area (Å²) >= 11 is 3.70. The molecule has 0 aliphatic carbocycles. The summed E-state index contributed by atoms with van der Waals surface area (Å²) in [5.74, 6) is 0. The first-order valence-electron chi connectivity index (χ1n) is 15.3. The number of nitriles is 1. The molecule has 2 aromatic heterocycles. The van der Waals surface area contributed by atoms with E-state index in [2.05, 4.69) is 127 Å². The molecule has 9 rings (SSSR count). The normalized spacial score (nSPS) is 11.5. The van der Waals surface area contributed by atoms with E-state index in [0.29, 0.717) is 5.56 Å². The minimum absolute atomic E-state index is 0.654. The van der Waals surface area contributed by atoms with Crippen molar-refractivity contribution in [1.82, 2.24) is 0 Å². The highest BCUT2D eigenvalue weighted by Crippen LogP contribution is 2.45. The number of nitrogens with zero attached hydrogens (tertiary/aromatic N) is 1. The Morgan fingerprint density at radius 3 is 1.74 bits per heavy atom. The lowest BCUT2D eigenvalue weighted by molar-refractivity contribution is 1.48. The van der Waals surface area contributed by atoms with Gasteiger partial charge in [-0.15, -0.1) is 22.7 Å². The van der Waals surface area contributed by atoms with Gasteiger partial charge in [-0.25, -0.2) is 0 Å². The highest BCUT2D eigenvalue weighted by molar-refractivity contribution is 7.26. The maximum Gasteiger partial charge on any atom is 0.0992 e. The molecule has 0 spiro atoms. The Morgan fingerprint density at radius 2 is 0.935 bits per heavy atom. The van der Waals surface area contributed by atoms with Crippen LogP contribution in [0.5, 0.6) is 0 Å². The fourth-order valence-corrected chi connectivity index (χ4v) is 9.12. The molecule has 3 heteroatoms. The number of hydrogen-bond acceptors (Lipinski definition) is 3. The molecular weight excluding hydrogens is 595 g/mol. The van der Waals surface area contributed by atoms with Crippen molar-refractivity contribution in [2.24, 2.45) is 0 Å². The highest BCUT2D eigenvalue weighted by Gasteiger charge is 2.16. The average molecular weight is 620 g/mol. The zero-order valence-electron chi connectivity index (χ0n) is 24.7. The highest BCUT2D eigenvalue weighted by atomic mass is 32.1. The summed E-state index contributed by atoms with van der Waals surface area (Å²) < 4.78 is 5.17. The summed E-state index contributed by atoms with van der Waals surface area (Å²) in [5, 5.41) is 15.2. The third kappa shape index (κ3) is 4.43. The van der Waals surface area contributed by atoms with Crippen LogP contribution in [0.3, 0.4) is 0 Å². The molecule has 9 aromatic rings. The molecule has 0 saturated carbocycles. The van der Waals surface area contributed by atoms with Crippen LogP contribution in [0.1, 0.15) is 5.56 Å². The van der Waals surface area contributed by atoms with Crippen molar-refractivity contribution in [2.75, 3.05) is 0 Å². The van der Waals surface area contributed by atoms with Gasteiger partial charge in [-0.2, -0.15) is 5.26 Å². The van der Waals surface area contributed by atoms with Gasteiger partial charge in [0.1, 0.15) is 0 Å². The van der Waals surface area contributed by atoms with Gasteiger partial charge in [0.15, 0.2) is 0 Å².